The van der Waals surface area contributed by atoms with E-state index in [1.807, 2.05) is 6.07 Å². The highest BCUT2D eigenvalue weighted by Crippen LogP contribution is 2.28. The van der Waals surface area contributed by atoms with E-state index in [9.17, 15) is 18.3 Å². The third-order valence-corrected chi connectivity index (χ3v) is 8.48. The van der Waals surface area contributed by atoms with Crippen LogP contribution in [0.4, 0.5) is 0 Å². The van der Waals surface area contributed by atoms with E-state index >= 15 is 0 Å². The number of hydrogen-bond acceptors (Lipinski definition) is 7. The van der Waals surface area contributed by atoms with Crippen LogP contribution in [0.1, 0.15) is 18.9 Å². The summed E-state index contributed by atoms with van der Waals surface area (Å²) >= 11 is 1.63. The van der Waals surface area contributed by atoms with E-state index in [2.05, 4.69) is 28.8 Å². The molecule has 158 valence electrons. The third-order valence-electron chi connectivity index (χ3n) is 5.09. The molecule has 1 fully saturated rings. The maximum Gasteiger partial charge on any atom is 0.264 e. The first-order valence-electron chi connectivity index (χ1n) is 9.01. The Morgan fingerprint density at radius 2 is 2.13 bits per heavy atom. The zero-order valence-electron chi connectivity index (χ0n) is 16.5. The summed E-state index contributed by atoms with van der Waals surface area (Å²) in [6.07, 6.45) is 2.53. The average Bonchev–Trinajstić information content (AvgIpc) is 3.08. The van der Waals surface area contributed by atoms with Crippen molar-refractivity contribution in [2.45, 2.75) is 30.2 Å². The van der Waals surface area contributed by atoms with Crippen LogP contribution in [0.3, 0.4) is 0 Å². The summed E-state index contributed by atoms with van der Waals surface area (Å²) < 4.78 is 24.0. The number of nitrogens with zero attached hydrogens (tertiary/aromatic N) is 2. The second-order valence-electron chi connectivity index (χ2n) is 7.36. The Bertz CT molecular complexity index is 1210. The van der Waals surface area contributed by atoms with Crippen LogP contribution in [0.15, 0.2) is 24.4 Å². The molecule has 0 bridgehead atoms. The lowest BCUT2D eigenvalue weighted by molar-refractivity contribution is -0.131. The number of aliphatic hydroxyl groups is 1. The number of aromatic nitrogens is 2. The molecule has 0 saturated carbocycles. The van der Waals surface area contributed by atoms with Gasteiger partial charge in [0.15, 0.2) is 14.6 Å². The molecule has 0 unspecified atom stereocenters. The van der Waals surface area contributed by atoms with Crippen LogP contribution in [0.2, 0.25) is 0 Å². The van der Waals surface area contributed by atoms with Gasteiger partial charge in [-0.2, -0.15) is 16.9 Å². The number of hydroxylamine groups is 1. The SMILES string of the molecule is C[C@@](CCn1ncc2cc(C#CC#CC3(O)CSC3)ccc21)(C(=O)NO)S(C)(=O)=O. The number of benzene rings is 1. The Balaban J connectivity index is 1.77. The van der Waals surface area contributed by atoms with Crippen LogP contribution in [0.25, 0.3) is 10.9 Å². The van der Waals surface area contributed by atoms with Crippen LogP contribution < -0.4 is 5.48 Å². The summed E-state index contributed by atoms with van der Waals surface area (Å²) in [4.78, 5) is 11.9. The monoisotopic (exact) mass is 447 g/mol. The van der Waals surface area contributed by atoms with Crippen LogP contribution in [0, 0.1) is 23.7 Å². The molecule has 3 rings (SSSR count). The summed E-state index contributed by atoms with van der Waals surface area (Å²) in [7, 11) is -3.77. The van der Waals surface area contributed by atoms with Gasteiger partial charge in [0.2, 0.25) is 0 Å². The molecule has 1 atom stereocenters. The number of aryl methyl sites for hydroxylation is 1. The number of carbonyl (C=O) groups is 1. The fraction of sp³-hybridized carbons (Fsp3) is 0.400. The van der Waals surface area contributed by atoms with Gasteiger partial charge >= 0.3 is 0 Å². The maximum absolute atomic E-state index is 12.1. The number of thioether (sulfide) groups is 1. The lowest BCUT2D eigenvalue weighted by Gasteiger charge is -2.29. The van der Waals surface area contributed by atoms with Crippen molar-refractivity contribution >= 4 is 38.4 Å². The normalized spacial score (nSPS) is 16.9. The average molecular weight is 448 g/mol. The first kappa shape index (κ1) is 22.2. The predicted molar refractivity (Wildman–Crippen MR) is 114 cm³/mol. The van der Waals surface area contributed by atoms with E-state index < -0.39 is 26.1 Å². The van der Waals surface area contributed by atoms with Crippen molar-refractivity contribution in [1.29, 1.82) is 0 Å². The smallest absolute Gasteiger partial charge is 0.264 e. The van der Waals surface area contributed by atoms with Crippen molar-refractivity contribution in [3.8, 4) is 23.7 Å². The van der Waals surface area contributed by atoms with Gasteiger partial charge in [-0.1, -0.05) is 11.8 Å². The molecule has 3 N–H and O–H groups in total. The van der Waals surface area contributed by atoms with Gasteiger partial charge in [0, 0.05) is 35.3 Å². The fourth-order valence-electron chi connectivity index (χ4n) is 2.87. The molecule has 0 spiro atoms. The molecular weight excluding hydrogens is 426 g/mol. The third kappa shape index (κ3) is 4.47. The number of sulfone groups is 1. The number of amides is 1. The summed E-state index contributed by atoms with van der Waals surface area (Å²) in [6.45, 7) is 1.43. The van der Waals surface area contributed by atoms with E-state index in [0.717, 1.165) is 22.7 Å². The maximum atomic E-state index is 12.1. The first-order valence-corrected chi connectivity index (χ1v) is 12.1. The molecule has 2 heterocycles. The van der Waals surface area contributed by atoms with Crippen molar-refractivity contribution in [3.63, 3.8) is 0 Å². The predicted octanol–water partition coefficient (Wildman–Crippen LogP) is 0.568. The minimum atomic E-state index is -3.77. The molecule has 1 aliphatic heterocycles. The molecule has 2 aromatic rings. The van der Waals surface area contributed by atoms with Crippen molar-refractivity contribution < 1.29 is 23.5 Å². The lowest BCUT2D eigenvalue weighted by atomic mass is 10.1. The molecule has 1 saturated heterocycles. The molecule has 1 amide bonds. The number of carbonyl (C=O) groups excluding carboxylic acids is 1. The van der Waals surface area contributed by atoms with Crippen LogP contribution in [-0.4, -0.2) is 62.5 Å². The highest BCUT2D eigenvalue weighted by atomic mass is 32.2. The molecule has 1 aromatic carbocycles. The lowest BCUT2D eigenvalue weighted by Crippen LogP contribution is -2.49. The Labute approximate surface area is 178 Å². The van der Waals surface area contributed by atoms with Crippen LogP contribution in [-0.2, 0) is 21.2 Å². The quantitative estimate of drug-likeness (QED) is 0.348. The van der Waals surface area contributed by atoms with Gasteiger partial charge in [-0.3, -0.25) is 14.7 Å². The topological polar surface area (TPSA) is 122 Å². The number of fused-ring (bicyclic) bond motifs is 1. The molecule has 10 heteroatoms. The summed E-state index contributed by atoms with van der Waals surface area (Å²) in [5.41, 5.74) is 2.00. The summed E-state index contributed by atoms with van der Waals surface area (Å²) in [6, 6.07) is 5.43. The summed E-state index contributed by atoms with van der Waals surface area (Å²) in [5, 5.41) is 23.9. The Kier molecular flexibility index (Phi) is 6.16. The number of rotatable bonds is 5. The fourth-order valence-corrected chi connectivity index (χ4v) is 4.45. The van der Waals surface area contributed by atoms with E-state index in [1.54, 1.807) is 34.8 Å². The Hall–Kier alpha value is -2.50. The highest BCUT2D eigenvalue weighted by Gasteiger charge is 2.43. The van der Waals surface area contributed by atoms with Gasteiger partial charge < -0.3 is 5.11 Å². The van der Waals surface area contributed by atoms with Gasteiger partial charge in [-0.15, -0.1) is 0 Å². The molecule has 30 heavy (non-hydrogen) atoms. The van der Waals surface area contributed by atoms with Crippen LogP contribution >= 0.6 is 11.8 Å². The van der Waals surface area contributed by atoms with E-state index in [0.29, 0.717) is 11.5 Å². The number of hydrogen-bond donors (Lipinski definition) is 3. The largest absolute Gasteiger partial charge is 0.376 e. The minimum absolute atomic E-state index is 0.0622. The Morgan fingerprint density at radius 3 is 2.73 bits per heavy atom. The molecule has 1 aromatic heterocycles. The van der Waals surface area contributed by atoms with E-state index in [-0.39, 0.29) is 13.0 Å². The van der Waals surface area contributed by atoms with Gasteiger partial charge in [-0.05, 0) is 43.4 Å². The van der Waals surface area contributed by atoms with Gasteiger partial charge in [0.25, 0.3) is 5.91 Å². The zero-order chi connectivity index (χ0) is 22.0. The second-order valence-corrected chi connectivity index (χ2v) is 10.8. The number of nitrogens with one attached hydrogen (secondary N) is 1. The molecular formula is C20H21N3O5S2. The second kappa shape index (κ2) is 8.32. The molecule has 0 radical (unpaired) electrons. The van der Waals surface area contributed by atoms with Crippen molar-refractivity contribution in [2.75, 3.05) is 17.8 Å². The van der Waals surface area contributed by atoms with Crippen molar-refractivity contribution in [1.82, 2.24) is 15.3 Å². The van der Waals surface area contributed by atoms with Gasteiger partial charge in [0.05, 0.1) is 11.7 Å². The van der Waals surface area contributed by atoms with Gasteiger partial charge in [0.1, 0.15) is 5.60 Å². The zero-order valence-corrected chi connectivity index (χ0v) is 18.1. The van der Waals surface area contributed by atoms with E-state index in [1.165, 1.54) is 12.4 Å². The van der Waals surface area contributed by atoms with Gasteiger partial charge in [-0.25, -0.2) is 13.9 Å². The summed E-state index contributed by atoms with van der Waals surface area (Å²) in [5.74, 6) is 11.3. The standard InChI is InChI=1S/C20H21N3O5S2/c1-19(18(24)22-26,30(2,27)28)9-10-23-17-7-6-15(11-16(17)12-21-23)5-3-4-8-20(25)13-29-14-20/h6-7,11-12,25-26H,9-10,13-14H2,1-2H3,(H,22,24)/t19-/m1/s1. The molecule has 8 nitrogen and oxygen atoms in total. The van der Waals surface area contributed by atoms with E-state index in [4.69, 9.17) is 5.21 Å². The van der Waals surface area contributed by atoms with Crippen molar-refractivity contribution in [3.05, 3.63) is 30.0 Å². The molecule has 0 aliphatic carbocycles. The Morgan fingerprint density at radius 1 is 1.40 bits per heavy atom. The minimum Gasteiger partial charge on any atom is -0.376 e. The highest BCUT2D eigenvalue weighted by molar-refractivity contribution is 8.00. The van der Waals surface area contributed by atoms with Crippen LogP contribution in [0.5, 0.6) is 0 Å². The first-order chi connectivity index (χ1) is 14.1. The van der Waals surface area contributed by atoms with Crippen molar-refractivity contribution in [2.24, 2.45) is 0 Å². The molecule has 1 aliphatic rings.